The second kappa shape index (κ2) is 11.0. The Kier molecular flexibility index (Phi) is 7.84. The van der Waals surface area contributed by atoms with Gasteiger partial charge < -0.3 is 25.9 Å². The van der Waals surface area contributed by atoms with Crippen molar-refractivity contribution in [3.63, 3.8) is 0 Å². The maximum Gasteiger partial charge on any atom is 0.319 e. The van der Waals surface area contributed by atoms with Gasteiger partial charge >= 0.3 is 12.1 Å². The molecule has 0 atom stereocenters. The Bertz CT molecular complexity index is 980. The van der Waals surface area contributed by atoms with E-state index in [1.165, 1.54) is 12.0 Å². The summed E-state index contributed by atoms with van der Waals surface area (Å²) in [6.45, 7) is 0.171. The van der Waals surface area contributed by atoms with Gasteiger partial charge in [-0.2, -0.15) is 0 Å². The van der Waals surface area contributed by atoms with Crippen LogP contribution < -0.4 is 26.0 Å². The Hall–Kier alpha value is -4.09. The highest BCUT2D eigenvalue weighted by Crippen LogP contribution is 2.32. The van der Waals surface area contributed by atoms with E-state index in [-0.39, 0.29) is 12.6 Å². The molecule has 1 fully saturated rings. The topological polar surface area (TPSA) is 162 Å². The van der Waals surface area contributed by atoms with E-state index in [1.54, 1.807) is 36.7 Å². The Morgan fingerprint density at radius 2 is 2.03 bits per heavy atom. The molecule has 1 heterocycles. The Morgan fingerprint density at radius 1 is 1.27 bits per heavy atom. The van der Waals surface area contributed by atoms with Crippen LogP contribution in [0.3, 0.4) is 0 Å². The molecule has 1 aliphatic carbocycles. The number of nitrogens with zero attached hydrogens (tertiary/aromatic N) is 3. The van der Waals surface area contributed by atoms with Gasteiger partial charge in [0, 0.05) is 24.1 Å². The van der Waals surface area contributed by atoms with Crippen molar-refractivity contribution in [2.24, 2.45) is 5.73 Å². The number of aromatic nitrogens is 1. The van der Waals surface area contributed by atoms with E-state index in [9.17, 15) is 19.7 Å². The van der Waals surface area contributed by atoms with Crippen LogP contribution in [-0.2, 0) is 11.4 Å². The summed E-state index contributed by atoms with van der Waals surface area (Å²) in [5.74, 6) is 0.410. The molecule has 1 aromatic carbocycles. The molecule has 0 unspecified atom stereocenters. The zero-order valence-corrected chi connectivity index (χ0v) is 18.1. The summed E-state index contributed by atoms with van der Waals surface area (Å²) in [5.41, 5.74) is 7.21. The summed E-state index contributed by atoms with van der Waals surface area (Å²) in [6, 6.07) is 7.21. The lowest BCUT2D eigenvalue weighted by Gasteiger charge is -2.28. The SMILES string of the molecule is COc1ccc(NC(=O)NC2CCC(O[N+](=O)[O-])CC2)cc1N(Cc1cccnc1)C(N)=O. The number of rotatable bonds is 8. The lowest BCUT2D eigenvalue weighted by Crippen LogP contribution is -2.41. The molecule has 0 bridgehead atoms. The first-order valence-electron chi connectivity index (χ1n) is 10.4. The number of amides is 4. The van der Waals surface area contributed by atoms with Crippen LogP contribution in [0.15, 0.2) is 42.7 Å². The largest absolute Gasteiger partial charge is 0.495 e. The van der Waals surface area contributed by atoms with Crippen LogP contribution in [-0.4, -0.2) is 41.4 Å². The maximum atomic E-state index is 12.5. The molecule has 2 aromatic rings. The minimum absolute atomic E-state index is 0.123. The highest BCUT2D eigenvalue weighted by molar-refractivity contribution is 5.95. The number of benzene rings is 1. The molecule has 33 heavy (non-hydrogen) atoms. The third-order valence-corrected chi connectivity index (χ3v) is 5.30. The second-order valence-corrected chi connectivity index (χ2v) is 7.57. The van der Waals surface area contributed by atoms with E-state index in [0.717, 1.165) is 5.56 Å². The van der Waals surface area contributed by atoms with Gasteiger partial charge in [0.15, 0.2) is 0 Å². The van der Waals surface area contributed by atoms with Crippen LogP contribution in [0.25, 0.3) is 0 Å². The van der Waals surface area contributed by atoms with Gasteiger partial charge in [-0.05, 0) is 55.5 Å². The summed E-state index contributed by atoms with van der Waals surface area (Å²) in [4.78, 5) is 45.1. The molecule has 12 heteroatoms. The van der Waals surface area contributed by atoms with Crippen molar-refractivity contribution in [1.82, 2.24) is 10.3 Å². The summed E-state index contributed by atoms with van der Waals surface area (Å²) in [7, 11) is 1.47. The van der Waals surface area contributed by atoms with Crippen LogP contribution in [0.2, 0.25) is 0 Å². The summed E-state index contributed by atoms with van der Waals surface area (Å²) >= 11 is 0. The Labute approximate surface area is 190 Å². The minimum atomic E-state index is -0.782. The van der Waals surface area contributed by atoms with Gasteiger partial charge in [0.2, 0.25) is 0 Å². The molecule has 0 spiro atoms. The van der Waals surface area contributed by atoms with Crippen molar-refractivity contribution >= 4 is 23.4 Å². The minimum Gasteiger partial charge on any atom is -0.495 e. The number of primary amides is 1. The van der Waals surface area contributed by atoms with Gasteiger partial charge in [-0.1, -0.05) is 6.07 Å². The predicted molar refractivity (Wildman–Crippen MR) is 119 cm³/mol. The predicted octanol–water partition coefficient (Wildman–Crippen LogP) is 2.82. The average Bonchev–Trinajstić information content (AvgIpc) is 2.79. The van der Waals surface area contributed by atoms with E-state index >= 15 is 0 Å². The summed E-state index contributed by atoms with van der Waals surface area (Å²) in [5, 5.41) is 15.3. The van der Waals surface area contributed by atoms with E-state index in [0.29, 0.717) is 42.8 Å². The van der Waals surface area contributed by atoms with Gasteiger partial charge in [-0.3, -0.25) is 9.88 Å². The Balaban J connectivity index is 1.66. The fraction of sp³-hybridized carbons (Fsp3) is 0.381. The Morgan fingerprint density at radius 3 is 2.64 bits per heavy atom. The second-order valence-electron chi connectivity index (χ2n) is 7.57. The third kappa shape index (κ3) is 6.69. The molecule has 12 nitrogen and oxygen atoms in total. The van der Waals surface area contributed by atoms with Crippen molar-refractivity contribution < 1.29 is 24.3 Å². The van der Waals surface area contributed by atoms with Crippen molar-refractivity contribution in [2.75, 3.05) is 17.3 Å². The van der Waals surface area contributed by atoms with Crippen LogP contribution in [0.5, 0.6) is 5.75 Å². The van der Waals surface area contributed by atoms with Crippen molar-refractivity contribution in [1.29, 1.82) is 0 Å². The van der Waals surface area contributed by atoms with Crippen molar-refractivity contribution in [2.45, 2.75) is 44.4 Å². The molecule has 176 valence electrons. The molecule has 0 radical (unpaired) electrons. The zero-order valence-electron chi connectivity index (χ0n) is 18.1. The highest BCUT2D eigenvalue weighted by atomic mass is 17.0. The highest BCUT2D eigenvalue weighted by Gasteiger charge is 2.25. The van der Waals surface area contributed by atoms with Crippen LogP contribution in [0.1, 0.15) is 31.2 Å². The lowest BCUT2D eigenvalue weighted by atomic mass is 9.93. The number of hydrogen-bond donors (Lipinski definition) is 3. The average molecular weight is 458 g/mol. The van der Waals surface area contributed by atoms with E-state index in [4.69, 9.17) is 10.5 Å². The smallest absolute Gasteiger partial charge is 0.319 e. The summed E-state index contributed by atoms with van der Waals surface area (Å²) < 4.78 is 5.38. The van der Waals surface area contributed by atoms with E-state index in [1.807, 2.05) is 6.07 Å². The van der Waals surface area contributed by atoms with Gasteiger partial charge in [0.05, 0.1) is 19.3 Å². The van der Waals surface area contributed by atoms with Crippen LogP contribution in [0, 0.1) is 10.1 Å². The maximum absolute atomic E-state index is 12.5. The third-order valence-electron chi connectivity index (χ3n) is 5.30. The molecule has 0 aliphatic heterocycles. The number of nitrogens with one attached hydrogen (secondary N) is 2. The number of nitrogens with two attached hydrogens (primary N) is 1. The fourth-order valence-corrected chi connectivity index (χ4v) is 3.72. The fourth-order valence-electron chi connectivity index (χ4n) is 3.72. The number of anilines is 2. The van der Waals surface area contributed by atoms with Gasteiger partial charge in [0.25, 0.3) is 5.09 Å². The zero-order chi connectivity index (χ0) is 23.8. The first kappa shape index (κ1) is 23.6. The monoisotopic (exact) mass is 458 g/mol. The number of hydrogen-bond acceptors (Lipinski definition) is 7. The van der Waals surface area contributed by atoms with Crippen molar-refractivity contribution in [3.8, 4) is 5.75 Å². The van der Waals surface area contributed by atoms with Crippen LogP contribution in [0.4, 0.5) is 21.0 Å². The van der Waals surface area contributed by atoms with E-state index in [2.05, 4.69) is 20.5 Å². The quantitative estimate of drug-likeness (QED) is 0.404. The lowest BCUT2D eigenvalue weighted by molar-refractivity contribution is -0.769. The van der Waals surface area contributed by atoms with Gasteiger partial charge in [-0.25, -0.2) is 9.59 Å². The van der Waals surface area contributed by atoms with E-state index < -0.39 is 23.3 Å². The number of ether oxygens (including phenoxy) is 1. The number of pyridine rings is 1. The summed E-state index contributed by atoms with van der Waals surface area (Å²) in [6.07, 6.45) is 4.93. The van der Waals surface area contributed by atoms with Gasteiger partial charge in [0.1, 0.15) is 11.9 Å². The van der Waals surface area contributed by atoms with Crippen LogP contribution >= 0.6 is 0 Å². The standard InChI is InChI=1S/C21H26N6O6/c1-32-19-9-6-16(11-18(19)26(20(22)28)13-14-3-2-10-23-12-14)25-21(29)24-15-4-7-17(8-5-15)33-27(30)31/h2-3,6,9-12,15,17H,4-5,7-8,13H2,1H3,(H2,22,28)(H2,24,25,29). The molecule has 3 rings (SSSR count). The first-order valence-corrected chi connectivity index (χ1v) is 10.4. The number of carbonyl (C=O) groups is 2. The molecule has 1 saturated carbocycles. The normalized spacial score (nSPS) is 17.5. The molecule has 1 aliphatic rings. The number of methoxy groups -OCH3 is 1. The number of carbonyl (C=O) groups excluding carboxylic acids is 2. The molecular formula is C21H26N6O6. The molecule has 4 amide bonds. The van der Waals surface area contributed by atoms with Gasteiger partial charge in [-0.15, -0.1) is 10.1 Å². The van der Waals surface area contributed by atoms with Crippen molar-refractivity contribution in [3.05, 3.63) is 58.4 Å². The molecular weight excluding hydrogens is 432 g/mol. The first-order chi connectivity index (χ1) is 15.9. The number of urea groups is 2. The molecule has 0 saturated heterocycles. The molecule has 4 N–H and O–H groups in total. The molecule has 1 aromatic heterocycles.